The average Bonchev–Trinajstić information content (AvgIpc) is 2.77. The van der Waals surface area contributed by atoms with Crippen LogP contribution < -0.4 is 5.32 Å². The fourth-order valence-electron chi connectivity index (χ4n) is 2.47. The number of carbonyl (C=O) groups is 1. The Morgan fingerprint density at radius 3 is 2.56 bits per heavy atom. The van der Waals surface area contributed by atoms with Gasteiger partial charge in [0, 0.05) is 12.1 Å². The normalized spacial score (nSPS) is 17.6. The number of benzene rings is 1. The number of rotatable bonds is 3. The molecule has 3 N–H and O–H groups in total. The Balaban J connectivity index is 1.97. The summed E-state index contributed by atoms with van der Waals surface area (Å²) in [7, 11) is 0. The molecule has 1 aliphatic rings. The molecule has 1 amide bonds. The molecule has 0 aliphatic heterocycles. The van der Waals surface area contributed by atoms with Crippen molar-refractivity contribution in [3.63, 3.8) is 0 Å². The van der Waals surface area contributed by atoms with E-state index in [0.717, 1.165) is 12.8 Å². The van der Waals surface area contributed by atoms with Crippen LogP contribution >= 0.6 is 0 Å². The molecule has 1 aromatic carbocycles. The summed E-state index contributed by atoms with van der Waals surface area (Å²) in [4.78, 5) is 11.9. The van der Waals surface area contributed by atoms with Gasteiger partial charge in [0.1, 0.15) is 0 Å². The second-order valence-electron chi connectivity index (χ2n) is 5.40. The Labute approximate surface area is 107 Å². The second-order valence-corrected chi connectivity index (χ2v) is 5.40. The first-order chi connectivity index (χ1) is 8.50. The smallest absolute Gasteiger partial charge is 0.251 e. The average molecular weight is 249 g/mol. The lowest BCUT2D eigenvalue weighted by Crippen LogP contribution is -2.34. The van der Waals surface area contributed by atoms with Crippen molar-refractivity contribution in [1.29, 1.82) is 0 Å². The van der Waals surface area contributed by atoms with Crippen LogP contribution in [-0.4, -0.2) is 22.7 Å². The van der Waals surface area contributed by atoms with Gasteiger partial charge in [-0.3, -0.25) is 4.79 Å². The van der Waals surface area contributed by atoms with Gasteiger partial charge in [0.05, 0.1) is 0 Å². The van der Waals surface area contributed by atoms with Crippen LogP contribution in [0.4, 0.5) is 0 Å². The quantitative estimate of drug-likeness (QED) is 0.720. The van der Waals surface area contributed by atoms with E-state index >= 15 is 0 Å². The van der Waals surface area contributed by atoms with Crippen LogP contribution in [0, 0.1) is 5.41 Å². The summed E-state index contributed by atoms with van der Waals surface area (Å²) in [6.45, 7) is 2.85. The van der Waals surface area contributed by atoms with Gasteiger partial charge < -0.3 is 15.5 Å². The van der Waals surface area contributed by atoms with Crippen LogP contribution in [0.2, 0.25) is 0 Å². The Morgan fingerprint density at radius 2 is 1.94 bits per heavy atom. The zero-order valence-electron chi connectivity index (χ0n) is 10.6. The van der Waals surface area contributed by atoms with E-state index in [0.29, 0.717) is 12.1 Å². The van der Waals surface area contributed by atoms with Crippen molar-refractivity contribution < 1.29 is 15.0 Å². The molecular formula is C14H19NO3. The number of hydrogen-bond donors (Lipinski definition) is 3. The maximum atomic E-state index is 11.9. The molecule has 1 saturated carbocycles. The van der Waals surface area contributed by atoms with Gasteiger partial charge in [-0.15, -0.1) is 0 Å². The van der Waals surface area contributed by atoms with E-state index in [-0.39, 0.29) is 22.8 Å². The molecule has 0 radical (unpaired) electrons. The molecule has 0 spiro atoms. The Bertz CT molecular complexity index is 450. The fraction of sp³-hybridized carbons (Fsp3) is 0.500. The second kappa shape index (κ2) is 4.88. The maximum absolute atomic E-state index is 11.9. The lowest BCUT2D eigenvalue weighted by molar-refractivity contribution is 0.0934. The van der Waals surface area contributed by atoms with Gasteiger partial charge >= 0.3 is 0 Å². The van der Waals surface area contributed by atoms with E-state index in [9.17, 15) is 15.0 Å². The highest BCUT2D eigenvalue weighted by molar-refractivity contribution is 5.94. The molecule has 0 heterocycles. The van der Waals surface area contributed by atoms with Crippen LogP contribution in [0.25, 0.3) is 0 Å². The van der Waals surface area contributed by atoms with Gasteiger partial charge in [0.15, 0.2) is 11.5 Å². The first-order valence-electron chi connectivity index (χ1n) is 6.30. The summed E-state index contributed by atoms with van der Waals surface area (Å²) in [5.74, 6) is -0.692. The van der Waals surface area contributed by atoms with Crippen molar-refractivity contribution in [1.82, 2.24) is 5.32 Å². The molecule has 1 fully saturated rings. The van der Waals surface area contributed by atoms with E-state index in [1.165, 1.54) is 31.0 Å². The molecule has 4 nitrogen and oxygen atoms in total. The van der Waals surface area contributed by atoms with E-state index in [4.69, 9.17) is 0 Å². The number of aromatic hydroxyl groups is 2. The van der Waals surface area contributed by atoms with Gasteiger partial charge in [-0.2, -0.15) is 0 Å². The van der Waals surface area contributed by atoms with Crippen molar-refractivity contribution in [2.75, 3.05) is 6.54 Å². The number of phenols is 2. The van der Waals surface area contributed by atoms with E-state index in [1.54, 1.807) is 0 Å². The van der Waals surface area contributed by atoms with Crippen LogP contribution in [-0.2, 0) is 0 Å². The van der Waals surface area contributed by atoms with E-state index in [2.05, 4.69) is 12.2 Å². The molecule has 98 valence electrons. The van der Waals surface area contributed by atoms with E-state index < -0.39 is 0 Å². The fourth-order valence-corrected chi connectivity index (χ4v) is 2.47. The Morgan fingerprint density at radius 1 is 1.28 bits per heavy atom. The lowest BCUT2D eigenvalue weighted by atomic mass is 9.89. The predicted octanol–water partition coefficient (Wildman–Crippen LogP) is 2.41. The highest BCUT2D eigenvalue weighted by atomic mass is 16.3. The molecule has 2 rings (SSSR count). The molecule has 0 bridgehead atoms. The minimum absolute atomic E-state index is 0.203. The summed E-state index contributed by atoms with van der Waals surface area (Å²) < 4.78 is 0. The Kier molecular flexibility index (Phi) is 3.45. The van der Waals surface area contributed by atoms with Gasteiger partial charge in [0.25, 0.3) is 5.91 Å². The molecule has 0 aromatic heterocycles. The van der Waals surface area contributed by atoms with Crippen LogP contribution in [0.5, 0.6) is 11.5 Å². The maximum Gasteiger partial charge on any atom is 0.251 e. The molecule has 18 heavy (non-hydrogen) atoms. The van der Waals surface area contributed by atoms with Crippen molar-refractivity contribution in [2.45, 2.75) is 32.6 Å². The number of phenolic OH excluding ortho intramolecular Hbond substituents is 2. The number of hydrogen-bond acceptors (Lipinski definition) is 3. The van der Waals surface area contributed by atoms with Gasteiger partial charge in [0.2, 0.25) is 0 Å². The monoisotopic (exact) mass is 249 g/mol. The highest BCUT2D eigenvalue weighted by Gasteiger charge is 2.28. The third kappa shape index (κ3) is 2.75. The number of carbonyl (C=O) groups excluding carboxylic acids is 1. The molecule has 0 atom stereocenters. The summed E-state index contributed by atoms with van der Waals surface area (Å²) in [5.41, 5.74) is 0.570. The third-order valence-electron chi connectivity index (χ3n) is 3.72. The van der Waals surface area contributed by atoms with Crippen molar-refractivity contribution in [3.8, 4) is 11.5 Å². The zero-order chi connectivity index (χ0) is 13.2. The molecule has 1 aliphatic carbocycles. The van der Waals surface area contributed by atoms with Gasteiger partial charge in [-0.05, 0) is 36.5 Å². The van der Waals surface area contributed by atoms with Crippen LogP contribution in [0.3, 0.4) is 0 Å². The minimum Gasteiger partial charge on any atom is -0.504 e. The summed E-state index contributed by atoms with van der Waals surface area (Å²) in [6.07, 6.45) is 4.75. The minimum atomic E-state index is -0.269. The van der Waals surface area contributed by atoms with E-state index in [1.807, 2.05) is 0 Å². The standard InChI is InChI=1S/C14H19NO3/c1-14(6-2-3-7-14)9-15-13(18)10-4-5-11(16)12(17)8-10/h4-5,8,16-17H,2-3,6-7,9H2,1H3,(H,15,18). The summed E-state index contributed by atoms with van der Waals surface area (Å²) >= 11 is 0. The molecule has 0 saturated heterocycles. The number of amides is 1. The lowest BCUT2D eigenvalue weighted by Gasteiger charge is -2.23. The predicted molar refractivity (Wildman–Crippen MR) is 68.7 cm³/mol. The highest BCUT2D eigenvalue weighted by Crippen LogP contribution is 2.36. The van der Waals surface area contributed by atoms with Gasteiger partial charge in [-0.25, -0.2) is 0 Å². The third-order valence-corrected chi connectivity index (χ3v) is 3.72. The van der Waals surface area contributed by atoms with Gasteiger partial charge in [-0.1, -0.05) is 19.8 Å². The zero-order valence-corrected chi connectivity index (χ0v) is 10.6. The summed E-state index contributed by atoms with van der Waals surface area (Å²) in [5, 5.41) is 21.4. The van der Waals surface area contributed by atoms with Crippen LogP contribution in [0.15, 0.2) is 18.2 Å². The first kappa shape index (κ1) is 12.7. The molecular weight excluding hydrogens is 230 g/mol. The SMILES string of the molecule is CC1(CNC(=O)c2ccc(O)c(O)c2)CCCC1. The van der Waals surface area contributed by atoms with Crippen LogP contribution in [0.1, 0.15) is 43.0 Å². The van der Waals surface area contributed by atoms with Crippen molar-refractivity contribution in [3.05, 3.63) is 23.8 Å². The Hall–Kier alpha value is -1.71. The molecule has 1 aromatic rings. The van der Waals surface area contributed by atoms with Crippen molar-refractivity contribution >= 4 is 5.91 Å². The molecule has 0 unspecified atom stereocenters. The largest absolute Gasteiger partial charge is 0.504 e. The molecule has 4 heteroatoms. The topological polar surface area (TPSA) is 69.6 Å². The van der Waals surface area contributed by atoms with Crippen molar-refractivity contribution in [2.24, 2.45) is 5.41 Å². The summed E-state index contributed by atoms with van der Waals surface area (Å²) in [6, 6.07) is 4.10. The number of nitrogens with one attached hydrogen (secondary N) is 1. The first-order valence-corrected chi connectivity index (χ1v) is 6.30.